The van der Waals surface area contributed by atoms with Crippen LogP contribution >= 0.6 is 0 Å². The van der Waals surface area contributed by atoms with Crippen LogP contribution < -0.4 is 14.8 Å². The summed E-state index contributed by atoms with van der Waals surface area (Å²) < 4.78 is 15.6. The van der Waals surface area contributed by atoms with Gasteiger partial charge in [0.15, 0.2) is 11.5 Å². The van der Waals surface area contributed by atoms with Crippen molar-refractivity contribution in [2.45, 2.75) is 12.8 Å². The van der Waals surface area contributed by atoms with E-state index >= 15 is 0 Å². The lowest BCUT2D eigenvalue weighted by Gasteiger charge is -2.15. The van der Waals surface area contributed by atoms with E-state index in [4.69, 9.17) is 14.2 Å². The fraction of sp³-hybridized carbons (Fsp3) is 0.529. The van der Waals surface area contributed by atoms with Crippen LogP contribution in [0.2, 0.25) is 0 Å². The number of rotatable bonds is 7. The highest BCUT2D eigenvalue weighted by atomic mass is 16.7. The summed E-state index contributed by atoms with van der Waals surface area (Å²) in [6.45, 7) is 2.28. The predicted molar refractivity (Wildman–Crippen MR) is 85.8 cm³/mol. The number of ether oxygens (including phenoxy) is 3. The number of fused-ring (bicyclic) bond motifs is 1. The number of hydrogen-bond acceptors (Lipinski definition) is 5. The molecule has 0 spiro atoms. The van der Waals surface area contributed by atoms with E-state index in [0.717, 1.165) is 17.1 Å². The molecule has 24 heavy (non-hydrogen) atoms. The maximum atomic E-state index is 12.2. The number of nitrogens with zero attached hydrogens (tertiary/aromatic N) is 1. The third-order valence-electron chi connectivity index (χ3n) is 4.30. The second-order valence-electron chi connectivity index (χ2n) is 5.96. The van der Waals surface area contributed by atoms with Gasteiger partial charge in [-0.05, 0) is 24.1 Å². The van der Waals surface area contributed by atoms with Crippen LogP contribution in [0, 0.1) is 5.92 Å². The molecule has 0 aromatic heterocycles. The third-order valence-corrected chi connectivity index (χ3v) is 4.30. The highest BCUT2D eigenvalue weighted by molar-refractivity contribution is 5.89. The van der Waals surface area contributed by atoms with E-state index in [9.17, 15) is 9.59 Å². The Hall–Kier alpha value is -2.28. The Morgan fingerprint density at radius 1 is 1.38 bits per heavy atom. The molecule has 1 N–H and O–H groups in total. The lowest BCUT2D eigenvalue weighted by atomic mass is 10.1. The lowest BCUT2D eigenvalue weighted by Crippen LogP contribution is -2.34. The second kappa shape index (κ2) is 7.53. The molecule has 2 aliphatic heterocycles. The van der Waals surface area contributed by atoms with Crippen molar-refractivity contribution < 1.29 is 23.8 Å². The quantitative estimate of drug-likeness (QED) is 0.789. The molecule has 0 radical (unpaired) electrons. The first-order chi connectivity index (χ1) is 11.7. The second-order valence-corrected chi connectivity index (χ2v) is 5.96. The SMILES string of the molecule is COCCN1CC(C(=O)NCCc2ccc3c(c2)OCO3)CC1=O. The van der Waals surface area contributed by atoms with Crippen LogP contribution in [-0.2, 0) is 20.7 Å². The zero-order valence-corrected chi connectivity index (χ0v) is 13.7. The number of likely N-dealkylation sites (tertiary alicyclic amines) is 1. The molecule has 130 valence electrons. The molecule has 3 rings (SSSR count). The van der Waals surface area contributed by atoms with Crippen molar-refractivity contribution in [1.29, 1.82) is 0 Å². The summed E-state index contributed by atoms with van der Waals surface area (Å²) in [4.78, 5) is 25.8. The van der Waals surface area contributed by atoms with Crippen molar-refractivity contribution >= 4 is 11.8 Å². The zero-order valence-electron chi connectivity index (χ0n) is 13.7. The van der Waals surface area contributed by atoms with E-state index in [-0.39, 0.29) is 30.9 Å². The summed E-state index contributed by atoms with van der Waals surface area (Å²) in [5.41, 5.74) is 1.07. The molecular formula is C17H22N2O5. The molecule has 1 saturated heterocycles. The van der Waals surface area contributed by atoms with E-state index in [0.29, 0.717) is 32.7 Å². The van der Waals surface area contributed by atoms with Crippen LogP contribution in [0.4, 0.5) is 0 Å². The van der Waals surface area contributed by atoms with E-state index < -0.39 is 0 Å². The van der Waals surface area contributed by atoms with Gasteiger partial charge < -0.3 is 24.4 Å². The molecule has 7 heteroatoms. The Morgan fingerprint density at radius 3 is 3.04 bits per heavy atom. The summed E-state index contributed by atoms with van der Waals surface area (Å²) in [7, 11) is 1.60. The first-order valence-electron chi connectivity index (χ1n) is 8.10. The van der Waals surface area contributed by atoms with Gasteiger partial charge >= 0.3 is 0 Å². The van der Waals surface area contributed by atoms with Crippen molar-refractivity contribution in [1.82, 2.24) is 10.2 Å². The van der Waals surface area contributed by atoms with Crippen LogP contribution in [0.1, 0.15) is 12.0 Å². The molecule has 2 aliphatic rings. The third kappa shape index (κ3) is 3.79. The number of carbonyl (C=O) groups is 2. The highest BCUT2D eigenvalue weighted by Crippen LogP contribution is 2.32. The molecule has 1 aromatic carbocycles. The zero-order chi connectivity index (χ0) is 16.9. The normalized spacial score (nSPS) is 19.0. The van der Waals surface area contributed by atoms with E-state index in [1.165, 1.54) is 0 Å². The number of methoxy groups -OCH3 is 1. The van der Waals surface area contributed by atoms with Gasteiger partial charge in [-0.25, -0.2) is 0 Å². The molecule has 2 heterocycles. The van der Waals surface area contributed by atoms with Gasteiger partial charge in [-0.3, -0.25) is 9.59 Å². The van der Waals surface area contributed by atoms with Crippen LogP contribution in [0.15, 0.2) is 18.2 Å². The van der Waals surface area contributed by atoms with E-state index in [1.807, 2.05) is 18.2 Å². The van der Waals surface area contributed by atoms with Crippen molar-refractivity contribution in [3.8, 4) is 11.5 Å². The van der Waals surface area contributed by atoms with Crippen LogP contribution in [0.25, 0.3) is 0 Å². The Balaban J connectivity index is 1.43. The molecule has 1 unspecified atom stereocenters. The molecule has 0 bridgehead atoms. The van der Waals surface area contributed by atoms with Crippen molar-refractivity contribution in [2.24, 2.45) is 5.92 Å². The van der Waals surface area contributed by atoms with Crippen LogP contribution in [-0.4, -0.2) is 56.9 Å². The number of amides is 2. The van der Waals surface area contributed by atoms with Gasteiger partial charge in [0.25, 0.3) is 0 Å². The minimum atomic E-state index is -0.272. The van der Waals surface area contributed by atoms with Crippen molar-refractivity contribution in [2.75, 3.05) is 40.1 Å². The topological polar surface area (TPSA) is 77.1 Å². The Kier molecular flexibility index (Phi) is 5.20. The van der Waals surface area contributed by atoms with E-state index in [2.05, 4.69) is 5.32 Å². The number of benzene rings is 1. The maximum Gasteiger partial charge on any atom is 0.231 e. The molecular weight excluding hydrogens is 312 g/mol. The average Bonchev–Trinajstić information content (AvgIpc) is 3.19. The van der Waals surface area contributed by atoms with Gasteiger partial charge in [-0.15, -0.1) is 0 Å². The average molecular weight is 334 g/mol. The minimum Gasteiger partial charge on any atom is -0.454 e. The molecule has 1 fully saturated rings. The molecule has 2 amide bonds. The molecule has 7 nitrogen and oxygen atoms in total. The van der Waals surface area contributed by atoms with Gasteiger partial charge in [0.05, 0.1) is 12.5 Å². The van der Waals surface area contributed by atoms with Crippen LogP contribution in [0.5, 0.6) is 11.5 Å². The highest BCUT2D eigenvalue weighted by Gasteiger charge is 2.33. The fourth-order valence-electron chi connectivity index (χ4n) is 2.94. The summed E-state index contributed by atoms with van der Waals surface area (Å²) in [6.07, 6.45) is 0.982. The summed E-state index contributed by atoms with van der Waals surface area (Å²) in [5.74, 6) is 1.18. The van der Waals surface area contributed by atoms with Crippen molar-refractivity contribution in [3.63, 3.8) is 0 Å². The predicted octanol–water partition coefficient (Wildman–Crippen LogP) is 0.569. The molecule has 0 aliphatic carbocycles. The molecule has 1 aromatic rings. The Labute approximate surface area is 140 Å². The lowest BCUT2D eigenvalue weighted by molar-refractivity contribution is -0.129. The largest absolute Gasteiger partial charge is 0.454 e. The van der Waals surface area contributed by atoms with Gasteiger partial charge in [-0.1, -0.05) is 6.07 Å². The van der Waals surface area contributed by atoms with Gasteiger partial charge in [0, 0.05) is 33.2 Å². The maximum absolute atomic E-state index is 12.2. The van der Waals surface area contributed by atoms with Crippen molar-refractivity contribution in [3.05, 3.63) is 23.8 Å². The van der Waals surface area contributed by atoms with Crippen LogP contribution in [0.3, 0.4) is 0 Å². The minimum absolute atomic E-state index is 0.0166. The van der Waals surface area contributed by atoms with Gasteiger partial charge in [-0.2, -0.15) is 0 Å². The smallest absolute Gasteiger partial charge is 0.231 e. The molecule has 0 saturated carbocycles. The summed E-state index contributed by atoms with van der Waals surface area (Å²) in [6, 6.07) is 5.77. The summed E-state index contributed by atoms with van der Waals surface area (Å²) in [5, 5.41) is 2.92. The standard InChI is InChI=1S/C17H22N2O5/c1-22-7-6-19-10-13(9-16(19)20)17(21)18-5-4-12-2-3-14-15(8-12)24-11-23-14/h2-3,8,13H,4-7,9-11H2,1H3,(H,18,21). The first-order valence-corrected chi connectivity index (χ1v) is 8.10. The van der Waals surface area contributed by atoms with Gasteiger partial charge in [0.1, 0.15) is 0 Å². The van der Waals surface area contributed by atoms with E-state index in [1.54, 1.807) is 12.0 Å². The Morgan fingerprint density at radius 2 is 2.21 bits per heavy atom. The molecule has 1 atom stereocenters. The number of nitrogens with one attached hydrogen (secondary N) is 1. The first kappa shape index (κ1) is 16.6. The monoisotopic (exact) mass is 334 g/mol. The summed E-state index contributed by atoms with van der Waals surface area (Å²) >= 11 is 0. The fourth-order valence-corrected chi connectivity index (χ4v) is 2.94. The Bertz CT molecular complexity index is 619. The number of hydrogen-bond donors (Lipinski definition) is 1. The van der Waals surface area contributed by atoms with Gasteiger partial charge in [0.2, 0.25) is 18.6 Å². The number of carbonyl (C=O) groups excluding carboxylic acids is 2.